The molecule has 2 heterocycles. The molecular weight excluding hydrogens is 102 g/mol. The molecule has 0 spiro atoms. The maximum atomic E-state index is 4.09. The van der Waals surface area contributed by atoms with E-state index in [0.717, 1.165) is 6.67 Å². The summed E-state index contributed by atoms with van der Waals surface area (Å²) in [7, 11) is 0. The van der Waals surface area contributed by atoms with Crippen LogP contribution in [0.2, 0.25) is 0 Å². The number of rotatable bonds is 0. The predicted octanol–water partition coefficient (Wildman–Crippen LogP) is -0.0915. The van der Waals surface area contributed by atoms with Gasteiger partial charge in [-0.25, -0.2) is 0 Å². The highest BCUT2D eigenvalue weighted by molar-refractivity contribution is 5.56. The van der Waals surface area contributed by atoms with Crippen LogP contribution in [0.1, 0.15) is 6.42 Å². The molecule has 0 bridgehead atoms. The summed E-state index contributed by atoms with van der Waals surface area (Å²) in [6, 6.07) is 0. The van der Waals surface area contributed by atoms with E-state index in [9.17, 15) is 0 Å². The van der Waals surface area contributed by atoms with Crippen LogP contribution in [-0.2, 0) is 0 Å². The Morgan fingerprint density at radius 1 is 1.38 bits per heavy atom. The van der Waals surface area contributed by atoms with Gasteiger partial charge in [-0.3, -0.25) is 10.0 Å². The fraction of sp³-hybridized carbons (Fsp3) is 0.800. The van der Waals surface area contributed by atoms with E-state index >= 15 is 0 Å². The first-order valence-corrected chi connectivity index (χ1v) is 2.98. The van der Waals surface area contributed by atoms with Gasteiger partial charge in [0.25, 0.3) is 0 Å². The average molecular weight is 111 g/mol. The fourth-order valence-corrected chi connectivity index (χ4v) is 1.19. The third kappa shape index (κ3) is 0.448. The minimum Gasteiger partial charge on any atom is -0.294 e. The Morgan fingerprint density at radius 3 is 3.25 bits per heavy atom. The van der Waals surface area contributed by atoms with Crippen LogP contribution in [0.3, 0.4) is 0 Å². The lowest BCUT2D eigenvalue weighted by atomic mass is 10.5. The van der Waals surface area contributed by atoms with Crippen LogP contribution in [0.4, 0.5) is 0 Å². The first-order chi connectivity index (χ1) is 3.97. The first kappa shape index (κ1) is 4.32. The van der Waals surface area contributed by atoms with E-state index in [4.69, 9.17) is 0 Å². The summed E-state index contributed by atoms with van der Waals surface area (Å²) in [5.74, 6) is 0. The molecule has 0 aromatic rings. The Morgan fingerprint density at radius 2 is 2.38 bits per heavy atom. The number of hydrogen-bond donors (Lipinski definition) is 0. The molecule has 0 aromatic carbocycles. The largest absolute Gasteiger partial charge is 0.294 e. The zero-order valence-electron chi connectivity index (χ0n) is 4.75. The maximum absolute atomic E-state index is 4.09. The molecule has 8 heavy (non-hydrogen) atoms. The molecule has 2 aliphatic rings. The molecule has 0 amide bonds. The second-order valence-electron chi connectivity index (χ2n) is 2.19. The van der Waals surface area contributed by atoms with Crippen molar-refractivity contribution in [2.45, 2.75) is 6.42 Å². The van der Waals surface area contributed by atoms with Crippen molar-refractivity contribution < 1.29 is 0 Å². The molecule has 1 saturated heterocycles. The molecule has 0 N–H and O–H groups in total. The molecule has 0 atom stereocenters. The van der Waals surface area contributed by atoms with Gasteiger partial charge in [0, 0.05) is 13.1 Å². The molecule has 1 fully saturated rings. The fourth-order valence-electron chi connectivity index (χ4n) is 1.19. The van der Waals surface area contributed by atoms with Crippen molar-refractivity contribution >= 4 is 6.34 Å². The summed E-state index contributed by atoms with van der Waals surface area (Å²) in [4.78, 5) is 4.09. The molecule has 3 heteroatoms. The van der Waals surface area contributed by atoms with Gasteiger partial charge in [0.05, 0.1) is 0 Å². The standard InChI is InChI=1S/C5H9N3/c1-2-7-4-6-5-8(7)3-1/h4H,1-3,5H2. The van der Waals surface area contributed by atoms with Crippen LogP contribution in [0, 0.1) is 0 Å². The van der Waals surface area contributed by atoms with Crippen molar-refractivity contribution in [1.82, 2.24) is 10.0 Å². The van der Waals surface area contributed by atoms with Crippen molar-refractivity contribution in [2.75, 3.05) is 19.8 Å². The number of hydrogen-bond acceptors (Lipinski definition) is 3. The van der Waals surface area contributed by atoms with Crippen LogP contribution in [-0.4, -0.2) is 36.1 Å². The summed E-state index contributed by atoms with van der Waals surface area (Å²) in [5.41, 5.74) is 0. The smallest absolute Gasteiger partial charge is 0.110 e. The van der Waals surface area contributed by atoms with Crippen molar-refractivity contribution in [3.63, 3.8) is 0 Å². The van der Waals surface area contributed by atoms with Crippen molar-refractivity contribution in [1.29, 1.82) is 0 Å². The highest BCUT2D eigenvalue weighted by Crippen LogP contribution is 2.10. The minimum atomic E-state index is 0.889. The maximum Gasteiger partial charge on any atom is 0.110 e. The van der Waals surface area contributed by atoms with Gasteiger partial charge in [-0.15, -0.1) is 0 Å². The van der Waals surface area contributed by atoms with E-state index in [1.807, 2.05) is 6.34 Å². The van der Waals surface area contributed by atoms with Crippen molar-refractivity contribution in [3.8, 4) is 0 Å². The minimum absolute atomic E-state index is 0.889. The van der Waals surface area contributed by atoms with Crippen molar-refractivity contribution in [3.05, 3.63) is 0 Å². The van der Waals surface area contributed by atoms with Gasteiger partial charge in [-0.2, -0.15) is 5.01 Å². The normalized spacial score (nSPS) is 27.2. The molecule has 0 aliphatic carbocycles. The number of aliphatic imine (C=N–C) groups is 1. The summed E-state index contributed by atoms with van der Waals surface area (Å²) >= 11 is 0. The molecule has 0 unspecified atom stereocenters. The lowest BCUT2D eigenvalue weighted by Crippen LogP contribution is -2.29. The lowest BCUT2D eigenvalue weighted by molar-refractivity contribution is 0.139. The van der Waals surface area contributed by atoms with E-state index < -0.39 is 0 Å². The molecule has 0 saturated carbocycles. The highest BCUT2D eigenvalue weighted by Gasteiger charge is 2.21. The number of hydrazine groups is 1. The van der Waals surface area contributed by atoms with Crippen LogP contribution in [0.5, 0.6) is 0 Å². The summed E-state index contributed by atoms with van der Waals surface area (Å²) < 4.78 is 0. The SMILES string of the molecule is C1=NCN2CCCN12. The Kier molecular flexibility index (Phi) is 0.784. The molecule has 0 aromatic heterocycles. The van der Waals surface area contributed by atoms with Crippen LogP contribution in [0.15, 0.2) is 4.99 Å². The van der Waals surface area contributed by atoms with E-state index in [2.05, 4.69) is 15.0 Å². The topological polar surface area (TPSA) is 18.8 Å². The van der Waals surface area contributed by atoms with Crippen LogP contribution < -0.4 is 0 Å². The molecule has 0 radical (unpaired) electrons. The molecule has 3 nitrogen and oxygen atoms in total. The third-order valence-electron chi connectivity index (χ3n) is 1.63. The Balaban J connectivity index is 2.13. The van der Waals surface area contributed by atoms with E-state index in [1.165, 1.54) is 19.5 Å². The number of fused-ring (bicyclic) bond motifs is 1. The molecular formula is C5H9N3. The van der Waals surface area contributed by atoms with Gasteiger partial charge in [0.15, 0.2) is 0 Å². The number of nitrogens with zero attached hydrogens (tertiary/aromatic N) is 3. The first-order valence-electron chi connectivity index (χ1n) is 2.98. The van der Waals surface area contributed by atoms with Gasteiger partial charge in [-0.1, -0.05) is 0 Å². The Labute approximate surface area is 48.6 Å². The van der Waals surface area contributed by atoms with Gasteiger partial charge < -0.3 is 0 Å². The molecule has 44 valence electrons. The monoisotopic (exact) mass is 111 g/mol. The Bertz CT molecular complexity index is 121. The van der Waals surface area contributed by atoms with E-state index in [0.29, 0.717) is 0 Å². The van der Waals surface area contributed by atoms with Gasteiger partial charge in [0.2, 0.25) is 0 Å². The van der Waals surface area contributed by atoms with Gasteiger partial charge >= 0.3 is 0 Å². The van der Waals surface area contributed by atoms with Gasteiger partial charge in [0.1, 0.15) is 13.0 Å². The summed E-state index contributed by atoms with van der Waals surface area (Å²) in [5, 5.41) is 4.43. The van der Waals surface area contributed by atoms with E-state index in [1.54, 1.807) is 0 Å². The Hall–Kier alpha value is -0.570. The zero-order chi connectivity index (χ0) is 5.40. The molecule has 2 rings (SSSR count). The second kappa shape index (κ2) is 1.45. The molecule has 2 aliphatic heterocycles. The zero-order valence-corrected chi connectivity index (χ0v) is 4.75. The third-order valence-corrected chi connectivity index (χ3v) is 1.63. The second-order valence-corrected chi connectivity index (χ2v) is 2.19. The van der Waals surface area contributed by atoms with Crippen molar-refractivity contribution in [2.24, 2.45) is 4.99 Å². The van der Waals surface area contributed by atoms with E-state index in [-0.39, 0.29) is 0 Å². The van der Waals surface area contributed by atoms with Gasteiger partial charge in [-0.05, 0) is 6.42 Å². The highest BCUT2D eigenvalue weighted by atomic mass is 15.7. The summed E-state index contributed by atoms with van der Waals surface area (Å²) in [6.07, 6.45) is 3.22. The van der Waals surface area contributed by atoms with Crippen LogP contribution >= 0.6 is 0 Å². The predicted molar refractivity (Wildman–Crippen MR) is 31.4 cm³/mol. The quantitative estimate of drug-likeness (QED) is 0.435. The van der Waals surface area contributed by atoms with Crippen LogP contribution in [0.25, 0.3) is 0 Å². The lowest BCUT2D eigenvalue weighted by Gasteiger charge is -2.15. The summed E-state index contributed by atoms with van der Waals surface area (Å²) in [6.45, 7) is 3.25. The average Bonchev–Trinajstić information content (AvgIpc) is 2.15.